The van der Waals surface area contributed by atoms with Gasteiger partial charge in [-0.25, -0.2) is 0 Å². The summed E-state index contributed by atoms with van der Waals surface area (Å²) in [6.45, 7) is 2.96. The molecule has 3 nitrogen and oxygen atoms in total. The van der Waals surface area contributed by atoms with E-state index in [9.17, 15) is 0 Å². The zero-order valence-corrected chi connectivity index (χ0v) is 12.6. The zero-order chi connectivity index (χ0) is 14.5. The summed E-state index contributed by atoms with van der Waals surface area (Å²) in [4.78, 5) is 2.64. The highest BCUT2D eigenvalue weighted by molar-refractivity contribution is 5.36. The van der Waals surface area contributed by atoms with Crippen molar-refractivity contribution in [1.82, 2.24) is 4.90 Å². The SMILES string of the molecule is N#Cc1cccc(OCCN2CCC[C@H]3CCCC[C@H]32)c1. The summed E-state index contributed by atoms with van der Waals surface area (Å²) in [5.41, 5.74) is 0.665. The van der Waals surface area contributed by atoms with Gasteiger partial charge in [0.05, 0.1) is 11.6 Å². The second-order valence-corrected chi connectivity index (χ2v) is 6.28. The van der Waals surface area contributed by atoms with Crippen LogP contribution in [-0.4, -0.2) is 30.6 Å². The lowest BCUT2D eigenvalue weighted by atomic mass is 9.78. The fourth-order valence-corrected chi connectivity index (χ4v) is 3.94. The van der Waals surface area contributed by atoms with E-state index >= 15 is 0 Å². The van der Waals surface area contributed by atoms with Gasteiger partial charge in [-0.1, -0.05) is 18.9 Å². The predicted octanol–water partition coefficient (Wildman–Crippen LogP) is 3.59. The normalized spacial score (nSPS) is 25.9. The molecule has 0 amide bonds. The van der Waals surface area contributed by atoms with Gasteiger partial charge in [0.1, 0.15) is 12.4 Å². The topological polar surface area (TPSA) is 36.3 Å². The number of piperidine rings is 1. The minimum Gasteiger partial charge on any atom is -0.492 e. The van der Waals surface area contributed by atoms with E-state index in [2.05, 4.69) is 11.0 Å². The van der Waals surface area contributed by atoms with Crippen LogP contribution in [0.2, 0.25) is 0 Å². The zero-order valence-electron chi connectivity index (χ0n) is 12.6. The fourth-order valence-electron chi connectivity index (χ4n) is 3.94. The summed E-state index contributed by atoms with van der Waals surface area (Å²) in [7, 11) is 0. The minimum atomic E-state index is 0.665. The molecule has 2 atom stereocenters. The third-order valence-corrected chi connectivity index (χ3v) is 4.97. The van der Waals surface area contributed by atoms with Crippen molar-refractivity contribution in [3.8, 4) is 11.8 Å². The number of ether oxygens (including phenoxy) is 1. The van der Waals surface area contributed by atoms with Crippen LogP contribution in [0.1, 0.15) is 44.1 Å². The summed E-state index contributed by atoms with van der Waals surface area (Å²) < 4.78 is 5.84. The molecular weight excluding hydrogens is 260 g/mol. The highest BCUT2D eigenvalue weighted by atomic mass is 16.5. The Kier molecular flexibility index (Phi) is 4.77. The van der Waals surface area contributed by atoms with E-state index < -0.39 is 0 Å². The molecule has 3 rings (SSSR count). The second kappa shape index (κ2) is 6.95. The first-order chi connectivity index (χ1) is 10.4. The lowest BCUT2D eigenvalue weighted by molar-refractivity contribution is 0.0501. The van der Waals surface area contributed by atoms with E-state index in [1.807, 2.05) is 24.3 Å². The Hall–Kier alpha value is -1.53. The first-order valence-electron chi connectivity index (χ1n) is 8.24. The van der Waals surface area contributed by atoms with Crippen molar-refractivity contribution in [3.05, 3.63) is 29.8 Å². The van der Waals surface area contributed by atoms with Crippen molar-refractivity contribution in [2.24, 2.45) is 5.92 Å². The third kappa shape index (κ3) is 3.57. The van der Waals surface area contributed by atoms with E-state index in [-0.39, 0.29) is 0 Å². The Morgan fingerprint density at radius 1 is 1.19 bits per heavy atom. The lowest BCUT2D eigenvalue weighted by Crippen LogP contribution is -2.48. The smallest absolute Gasteiger partial charge is 0.120 e. The van der Waals surface area contributed by atoms with Gasteiger partial charge in [-0.2, -0.15) is 5.26 Å². The molecule has 0 bridgehead atoms. The van der Waals surface area contributed by atoms with Crippen LogP contribution >= 0.6 is 0 Å². The van der Waals surface area contributed by atoms with Crippen LogP contribution in [0, 0.1) is 17.2 Å². The average molecular weight is 284 g/mol. The Morgan fingerprint density at radius 2 is 2.05 bits per heavy atom. The monoisotopic (exact) mass is 284 g/mol. The highest BCUT2D eigenvalue weighted by Gasteiger charge is 2.32. The molecule has 0 N–H and O–H groups in total. The van der Waals surface area contributed by atoms with E-state index in [1.165, 1.54) is 45.1 Å². The molecule has 0 aromatic heterocycles. The summed E-state index contributed by atoms with van der Waals surface area (Å²) in [6.07, 6.45) is 8.37. The third-order valence-electron chi connectivity index (χ3n) is 4.97. The maximum atomic E-state index is 8.91. The Morgan fingerprint density at radius 3 is 2.95 bits per heavy atom. The van der Waals surface area contributed by atoms with Crippen LogP contribution in [0.15, 0.2) is 24.3 Å². The van der Waals surface area contributed by atoms with Gasteiger partial charge < -0.3 is 4.74 Å². The van der Waals surface area contributed by atoms with Crippen molar-refractivity contribution >= 4 is 0 Å². The maximum absolute atomic E-state index is 8.91. The van der Waals surface area contributed by atoms with Crippen LogP contribution in [0.25, 0.3) is 0 Å². The highest BCUT2D eigenvalue weighted by Crippen LogP contribution is 2.34. The molecule has 21 heavy (non-hydrogen) atoms. The quantitative estimate of drug-likeness (QED) is 0.847. The second-order valence-electron chi connectivity index (χ2n) is 6.28. The van der Waals surface area contributed by atoms with Gasteiger partial charge in [0.15, 0.2) is 0 Å². The molecule has 0 unspecified atom stereocenters. The van der Waals surface area contributed by atoms with Crippen molar-refractivity contribution in [2.75, 3.05) is 19.7 Å². The standard InChI is InChI=1S/C18H24N2O/c19-14-15-5-3-8-17(13-15)21-12-11-20-10-4-7-16-6-1-2-9-18(16)20/h3,5,8,13,16,18H,1-2,4,6-7,9-12H2/t16-,18-/m1/s1. The Labute approximate surface area is 127 Å². The largest absolute Gasteiger partial charge is 0.492 e. The molecule has 1 aliphatic heterocycles. The molecular formula is C18H24N2O. The van der Waals surface area contributed by atoms with Crippen molar-refractivity contribution in [1.29, 1.82) is 5.26 Å². The molecule has 1 heterocycles. The molecule has 0 radical (unpaired) electrons. The number of nitriles is 1. The van der Waals surface area contributed by atoms with Gasteiger partial charge in [-0.05, 0) is 56.3 Å². The summed E-state index contributed by atoms with van der Waals surface area (Å²) in [6, 6.07) is 10.4. The van der Waals surface area contributed by atoms with Crippen LogP contribution in [0.4, 0.5) is 0 Å². The maximum Gasteiger partial charge on any atom is 0.120 e. The summed E-state index contributed by atoms with van der Waals surface area (Å²) >= 11 is 0. The van der Waals surface area contributed by atoms with Gasteiger partial charge in [0, 0.05) is 12.6 Å². The molecule has 2 aliphatic rings. The van der Waals surface area contributed by atoms with Gasteiger partial charge in [0.25, 0.3) is 0 Å². The van der Waals surface area contributed by atoms with Gasteiger partial charge in [-0.3, -0.25) is 4.90 Å². The number of fused-ring (bicyclic) bond motifs is 1. The average Bonchev–Trinajstić information content (AvgIpc) is 2.55. The molecule has 1 aromatic rings. The lowest BCUT2D eigenvalue weighted by Gasteiger charge is -2.44. The fraction of sp³-hybridized carbons (Fsp3) is 0.611. The summed E-state index contributed by atoms with van der Waals surface area (Å²) in [5, 5.41) is 8.91. The molecule has 3 heteroatoms. The molecule has 2 fully saturated rings. The molecule has 0 spiro atoms. The number of nitrogens with zero attached hydrogens (tertiary/aromatic N) is 2. The number of benzene rings is 1. The number of hydrogen-bond acceptors (Lipinski definition) is 3. The minimum absolute atomic E-state index is 0.665. The van der Waals surface area contributed by atoms with E-state index in [4.69, 9.17) is 10.00 Å². The van der Waals surface area contributed by atoms with Crippen LogP contribution < -0.4 is 4.74 Å². The van der Waals surface area contributed by atoms with Gasteiger partial charge >= 0.3 is 0 Å². The van der Waals surface area contributed by atoms with Crippen LogP contribution in [0.5, 0.6) is 5.75 Å². The first-order valence-corrected chi connectivity index (χ1v) is 8.24. The van der Waals surface area contributed by atoms with Gasteiger partial charge in [-0.15, -0.1) is 0 Å². The van der Waals surface area contributed by atoms with Crippen molar-refractivity contribution in [2.45, 2.75) is 44.6 Å². The molecule has 1 saturated heterocycles. The number of hydrogen-bond donors (Lipinski definition) is 0. The van der Waals surface area contributed by atoms with Crippen molar-refractivity contribution < 1.29 is 4.74 Å². The molecule has 1 saturated carbocycles. The molecule has 112 valence electrons. The molecule has 1 aliphatic carbocycles. The Balaban J connectivity index is 1.51. The van der Waals surface area contributed by atoms with Crippen LogP contribution in [-0.2, 0) is 0 Å². The Bertz CT molecular complexity index is 506. The van der Waals surface area contributed by atoms with E-state index in [0.29, 0.717) is 5.56 Å². The van der Waals surface area contributed by atoms with E-state index in [0.717, 1.165) is 30.9 Å². The van der Waals surface area contributed by atoms with Crippen LogP contribution in [0.3, 0.4) is 0 Å². The first kappa shape index (κ1) is 14.4. The number of likely N-dealkylation sites (tertiary alicyclic amines) is 1. The molecule has 1 aromatic carbocycles. The van der Waals surface area contributed by atoms with E-state index in [1.54, 1.807) is 0 Å². The summed E-state index contributed by atoms with van der Waals surface area (Å²) in [5.74, 6) is 1.74. The number of rotatable bonds is 4. The van der Waals surface area contributed by atoms with Crippen molar-refractivity contribution in [3.63, 3.8) is 0 Å². The van der Waals surface area contributed by atoms with Gasteiger partial charge in [0.2, 0.25) is 0 Å². The predicted molar refractivity (Wildman–Crippen MR) is 83.2 cm³/mol.